The van der Waals surface area contributed by atoms with Crippen molar-refractivity contribution in [1.82, 2.24) is 9.88 Å². The summed E-state index contributed by atoms with van der Waals surface area (Å²) in [7, 11) is 0. The van der Waals surface area contributed by atoms with E-state index in [1.54, 1.807) is 6.08 Å². The van der Waals surface area contributed by atoms with E-state index in [1.165, 1.54) is 30.0 Å². The van der Waals surface area contributed by atoms with Crippen molar-refractivity contribution in [2.24, 2.45) is 0 Å². The van der Waals surface area contributed by atoms with Gasteiger partial charge in [0.2, 0.25) is 0 Å². The predicted octanol–water partition coefficient (Wildman–Crippen LogP) is 4.57. The van der Waals surface area contributed by atoms with E-state index < -0.39 is 11.9 Å². The molecule has 8 nitrogen and oxygen atoms in total. The summed E-state index contributed by atoms with van der Waals surface area (Å²) in [6, 6.07) is 14.6. The monoisotopic (exact) mass is 506 g/mol. The number of esters is 1. The molecule has 1 saturated carbocycles. The zero-order chi connectivity index (χ0) is 26.6. The van der Waals surface area contributed by atoms with Crippen LogP contribution in [-0.4, -0.2) is 63.7 Å². The van der Waals surface area contributed by atoms with Crippen molar-refractivity contribution >= 4 is 29.6 Å². The Morgan fingerprint density at radius 3 is 2.24 bits per heavy atom. The van der Waals surface area contributed by atoms with Crippen molar-refractivity contribution in [1.29, 1.82) is 0 Å². The van der Waals surface area contributed by atoms with E-state index in [2.05, 4.69) is 42.2 Å². The number of nitrogens with zero attached hydrogens (tertiary/aromatic N) is 2. The minimum atomic E-state index is -1.82. The zero-order valence-corrected chi connectivity index (χ0v) is 21.1. The van der Waals surface area contributed by atoms with E-state index in [1.807, 2.05) is 18.2 Å². The summed E-state index contributed by atoms with van der Waals surface area (Å²) in [5.74, 6) is -3.92. The van der Waals surface area contributed by atoms with E-state index in [9.17, 15) is 4.79 Å². The van der Waals surface area contributed by atoms with Gasteiger partial charge >= 0.3 is 17.9 Å². The van der Waals surface area contributed by atoms with Gasteiger partial charge in [-0.15, -0.1) is 0 Å². The molecule has 0 unspecified atom stereocenters. The van der Waals surface area contributed by atoms with Gasteiger partial charge in [-0.05, 0) is 82.3 Å². The van der Waals surface area contributed by atoms with Crippen molar-refractivity contribution in [3.8, 4) is 0 Å². The molecule has 0 atom stereocenters. The molecule has 0 spiro atoms. The zero-order valence-electron chi connectivity index (χ0n) is 21.1. The molecule has 2 fully saturated rings. The standard InChI is InChI=1S/C27H32N2O2.C2H2O4/c1-21-11-13-22(14-12-21)25(17-20-29-18-4-5-19-29)26-10-6-7-23(28-26)15-16-27(30)31-24-8-2-3-9-24;3-1(4)2(5)6/h6-7,10-17,24H,2-5,8-9,18-20H2,1H3;(H,3,4)(H,5,6)/b16-15+,25-17+;. The lowest BCUT2D eigenvalue weighted by molar-refractivity contribution is -0.159. The van der Waals surface area contributed by atoms with E-state index in [0.29, 0.717) is 0 Å². The first-order chi connectivity index (χ1) is 17.8. The summed E-state index contributed by atoms with van der Waals surface area (Å²) >= 11 is 0. The first-order valence-electron chi connectivity index (χ1n) is 12.6. The number of carboxylic acid groups (broad SMARTS) is 2. The molecule has 8 heteroatoms. The van der Waals surface area contributed by atoms with Crippen LogP contribution in [0.3, 0.4) is 0 Å². The third-order valence-electron chi connectivity index (χ3n) is 6.32. The molecule has 4 rings (SSSR count). The van der Waals surface area contributed by atoms with E-state index in [-0.39, 0.29) is 12.1 Å². The highest BCUT2D eigenvalue weighted by Gasteiger charge is 2.18. The molecular weight excluding hydrogens is 472 g/mol. The summed E-state index contributed by atoms with van der Waals surface area (Å²) in [5.41, 5.74) is 5.23. The SMILES string of the molecule is Cc1ccc(/C(=C\CN2CCCC2)c2cccc(/C=C/C(=O)OC3CCCC3)n2)cc1.O=C(O)C(=O)O. The first-order valence-corrected chi connectivity index (χ1v) is 12.6. The number of aryl methyl sites for hydroxylation is 1. The quantitative estimate of drug-likeness (QED) is 0.319. The van der Waals surface area contributed by atoms with Crippen LogP contribution in [0.4, 0.5) is 0 Å². The second kappa shape index (κ2) is 14.1. The highest BCUT2D eigenvalue weighted by molar-refractivity contribution is 6.27. The number of hydrogen-bond acceptors (Lipinski definition) is 6. The maximum absolute atomic E-state index is 12.1. The van der Waals surface area contributed by atoms with Gasteiger partial charge in [-0.25, -0.2) is 19.4 Å². The molecule has 37 heavy (non-hydrogen) atoms. The maximum atomic E-state index is 12.1. The minimum absolute atomic E-state index is 0.0816. The number of ether oxygens (including phenoxy) is 1. The van der Waals surface area contributed by atoms with Crippen LogP contribution in [0.25, 0.3) is 11.6 Å². The molecule has 2 N–H and O–H groups in total. The van der Waals surface area contributed by atoms with Crippen LogP contribution in [-0.2, 0) is 19.1 Å². The highest BCUT2D eigenvalue weighted by Crippen LogP contribution is 2.24. The Bertz CT molecular complexity index is 1120. The molecule has 1 aliphatic carbocycles. The largest absolute Gasteiger partial charge is 0.473 e. The number of hydrogen-bond donors (Lipinski definition) is 2. The van der Waals surface area contributed by atoms with Gasteiger partial charge in [-0.3, -0.25) is 4.90 Å². The second-order valence-electron chi connectivity index (χ2n) is 9.23. The number of pyridine rings is 1. The summed E-state index contributed by atoms with van der Waals surface area (Å²) in [6.07, 6.45) is 12.5. The molecule has 1 aromatic heterocycles. The van der Waals surface area contributed by atoms with Gasteiger partial charge in [0.25, 0.3) is 0 Å². The Labute approximate surface area is 217 Å². The van der Waals surface area contributed by atoms with Gasteiger partial charge in [-0.2, -0.15) is 0 Å². The van der Waals surface area contributed by atoms with E-state index in [0.717, 1.165) is 62.3 Å². The van der Waals surface area contributed by atoms with Crippen LogP contribution in [0.15, 0.2) is 54.6 Å². The number of rotatable bonds is 7. The van der Waals surface area contributed by atoms with Gasteiger partial charge in [0.05, 0.1) is 11.4 Å². The Morgan fingerprint density at radius 1 is 0.973 bits per heavy atom. The van der Waals surface area contributed by atoms with E-state index >= 15 is 0 Å². The number of benzene rings is 1. The summed E-state index contributed by atoms with van der Waals surface area (Å²) < 4.78 is 5.52. The van der Waals surface area contributed by atoms with E-state index in [4.69, 9.17) is 29.5 Å². The Morgan fingerprint density at radius 2 is 1.62 bits per heavy atom. The Hall–Kier alpha value is -3.78. The van der Waals surface area contributed by atoms with Crippen LogP contribution in [0.1, 0.15) is 61.0 Å². The van der Waals surface area contributed by atoms with Crippen LogP contribution >= 0.6 is 0 Å². The maximum Gasteiger partial charge on any atom is 0.414 e. The molecule has 0 amide bonds. The molecule has 2 heterocycles. The topological polar surface area (TPSA) is 117 Å². The van der Waals surface area contributed by atoms with Crippen LogP contribution < -0.4 is 0 Å². The Kier molecular flexibility index (Phi) is 10.6. The van der Waals surface area contributed by atoms with Crippen molar-refractivity contribution in [2.45, 2.75) is 51.6 Å². The average molecular weight is 507 g/mol. The number of carbonyl (C=O) groups excluding carboxylic acids is 1. The van der Waals surface area contributed by atoms with Crippen molar-refractivity contribution in [3.63, 3.8) is 0 Å². The Balaban J connectivity index is 0.000000568. The molecule has 2 aromatic rings. The molecule has 1 saturated heterocycles. The van der Waals surface area contributed by atoms with Crippen molar-refractivity contribution in [3.05, 3.63) is 77.1 Å². The molecule has 0 bridgehead atoms. The smallest absolute Gasteiger partial charge is 0.414 e. The van der Waals surface area contributed by atoms with Crippen LogP contribution in [0, 0.1) is 6.92 Å². The molecular formula is C29H34N2O6. The van der Waals surface area contributed by atoms with Gasteiger partial charge in [-0.1, -0.05) is 42.0 Å². The van der Waals surface area contributed by atoms with Crippen LogP contribution in [0.5, 0.6) is 0 Å². The molecule has 196 valence electrons. The second-order valence-corrected chi connectivity index (χ2v) is 9.23. The fraction of sp³-hybridized carbons (Fsp3) is 0.379. The molecule has 2 aliphatic rings. The normalized spacial score (nSPS) is 16.4. The average Bonchev–Trinajstić information content (AvgIpc) is 3.59. The lowest BCUT2D eigenvalue weighted by Crippen LogP contribution is -2.19. The number of likely N-dealkylation sites (tertiary alicyclic amines) is 1. The van der Waals surface area contributed by atoms with Gasteiger partial charge in [0, 0.05) is 18.2 Å². The molecule has 0 radical (unpaired) electrons. The van der Waals surface area contributed by atoms with Gasteiger partial charge in [0.15, 0.2) is 0 Å². The summed E-state index contributed by atoms with van der Waals surface area (Å²) in [6.45, 7) is 5.36. The number of carboxylic acids is 2. The minimum Gasteiger partial charge on any atom is -0.473 e. The third-order valence-corrected chi connectivity index (χ3v) is 6.32. The predicted molar refractivity (Wildman–Crippen MR) is 141 cm³/mol. The van der Waals surface area contributed by atoms with Crippen molar-refractivity contribution in [2.75, 3.05) is 19.6 Å². The number of aliphatic carboxylic acids is 2. The lowest BCUT2D eigenvalue weighted by Gasteiger charge is -2.14. The number of carbonyl (C=O) groups is 3. The van der Waals surface area contributed by atoms with Crippen LogP contribution in [0.2, 0.25) is 0 Å². The molecule has 1 aliphatic heterocycles. The lowest BCUT2D eigenvalue weighted by atomic mass is 10.00. The highest BCUT2D eigenvalue weighted by atomic mass is 16.5. The number of aromatic nitrogens is 1. The first kappa shape index (κ1) is 27.8. The summed E-state index contributed by atoms with van der Waals surface area (Å²) in [5, 5.41) is 14.8. The fourth-order valence-electron chi connectivity index (χ4n) is 4.35. The molecule has 1 aromatic carbocycles. The summed E-state index contributed by atoms with van der Waals surface area (Å²) in [4.78, 5) is 37.7. The van der Waals surface area contributed by atoms with Crippen molar-refractivity contribution < 1.29 is 29.3 Å². The van der Waals surface area contributed by atoms with Gasteiger partial charge in [0.1, 0.15) is 6.10 Å². The fourth-order valence-corrected chi connectivity index (χ4v) is 4.35. The van der Waals surface area contributed by atoms with Gasteiger partial charge < -0.3 is 14.9 Å². The third kappa shape index (κ3) is 9.31.